The van der Waals surface area contributed by atoms with E-state index in [4.69, 9.17) is 4.74 Å². The topological polar surface area (TPSA) is 33.7 Å². The molecular formula is C24H23F3N2O2. The van der Waals surface area contributed by atoms with E-state index in [9.17, 15) is 13.2 Å². The van der Waals surface area contributed by atoms with Crippen LogP contribution in [0, 0.1) is 0 Å². The van der Waals surface area contributed by atoms with Crippen molar-refractivity contribution in [2.45, 2.75) is 19.5 Å². The lowest BCUT2D eigenvalue weighted by Crippen LogP contribution is -2.28. The molecule has 0 radical (unpaired) electrons. The number of nitrogens with one attached hydrogen (secondary N) is 1. The first-order valence-corrected chi connectivity index (χ1v) is 9.99. The highest BCUT2D eigenvalue weighted by molar-refractivity contribution is 5.70. The molecule has 31 heavy (non-hydrogen) atoms. The third kappa shape index (κ3) is 5.30. The van der Waals surface area contributed by atoms with Crippen molar-refractivity contribution in [3.8, 4) is 22.6 Å². The van der Waals surface area contributed by atoms with Crippen molar-refractivity contribution >= 4 is 5.69 Å². The van der Waals surface area contributed by atoms with E-state index in [1.54, 1.807) is 19.2 Å². The Bertz CT molecular complexity index is 1020. The Balaban J connectivity index is 1.55. The molecule has 7 heteroatoms. The van der Waals surface area contributed by atoms with Gasteiger partial charge in [-0.3, -0.25) is 0 Å². The molecule has 0 spiro atoms. The zero-order chi connectivity index (χ0) is 21.8. The van der Waals surface area contributed by atoms with Gasteiger partial charge in [-0.1, -0.05) is 30.3 Å². The highest BCUT2D eigenvalue weighted by Gasteiger charge is 2.31. The molecule has 1 heterocycles. The fraction of sp³-hybridized carbons (Fsp3) is 0.250. The molecule has 0 unspecified atom stereocenters. The molecule has 0 bridgehead atoms. The van der Waals surface area contributed by atoms with Crippen molar-refractivity contribution in [3.63, 3.8) is 0 Å². The number of anilines is 1. The summed E-state index contributed by atoms with van der Waals surface area (Å²) in [7, 11) is 1.65. The van der Waals surface area contributed by atoms with Crippen LogP contribution in [0.15, 0.2) is 66.7 Å². The summed E-state index contributed by atoms with van der Waals surface area (Å²) in [6.07, 6.45) is -4.69. The van der Waals surface area contributed by atoms with Crippen molar-refractivity contribution < 1.29 is 22.6 Å². The van der Waals surface area contributed by atoms with E-state index in [0.29, 0.717) is 0 Å². The molecule has 0 fully saturated rings. The number of benzene rings is 3. The van der Waals surface area contributed by atoms with Gasteiger partial charge in [-0.25, -0.2) is 0 Å². The summed E-state index contributed by atoms with van der Waals surface area (Å²) in [6, 6.07) is 20.2. The fourth-order valence-electron chi connectivity index (χ4n) is 3.74. The summed E-state index contributed by atoms with van der Waals surface area (Å²) in [5.41, 5.74) is 5.28. The Morgan fingerprint density at radius 1 is 0.903 bits per heavy atom. The molecule has 0 aliphatic carbocycles. The van der Waals surface area contributed by atoms with Crippen molar-refractivity contribution in [1.29, 1.82) is 0 Å². The second kappa shape index (κ2) is 8.89. The Labute approximate surface area is 179 Å². The van der Waals surface area contributed by atoms with Crippen LogP contribution >= 0.6 is 0 Å². The molecule has 162 valence electrons. The van der Waals surface area contributed by atoms with Gasteiger partial charge in [-0.15, -0.1) is 13.2 Å². The van der Waals surface area contributed by atoms with Gasteiger partial charge in [0.05, 0.1) is 7.11 Å². The van der Waals surface area contributed by atoms with Gasteiger partial charge in [-0.05, 0) is 58.7 Å². The quantitative estimate of drug-likeness (QED) is 0.592. The lowest BCUT2D eigenvalue weighted by atomic mass is 10.0. The van der Waals surface area contributed by atoms with Crippen LogP contribution in [0.1, 0.15) is 11.1 Å². The largest absolute Gasteiger partial charge is 0.573 e. The van der Waals surface area contributed by atoms with Gasteiger partial charge in [0, 0.05) is 31.9 Å². The molecule has 0 saturated heterocycles. The van der Waals surface area contributed by atoms with Crippen LogP contribution in [0.5, 0.6) is 11.5 Å². The zero-order valence-electron chi connectivity index (χ0n) is 17.1. The van der Waals surface area contributed by atoms with E-state index in [1.165, 1.54) is 17.7 Å². The van der Waals surface area contributed by atoms with Crippen molar-refractivity contribution in [2.24, 2.45) is 0 Å². The number of alkyl halides is 3. The van der Waals surface area contributed by atoms with E-state index in [2.05, 4.69) is 39.2 Å². The minimum atomic E-state index is -4.69. The Morgan fingerprint density at radius 2 is 1.58 bits per heavy atom. The number of halogens is 3. The first-order chi connectivity index (χ1) is 14.9. The van der Waals surface area contributed by atoms with E-state index in [-0.39, 0.29) is 5.75 Å². The van der Waals surface area contributed by atoms with Crippen LogP contribution in [0.4, 0.5) is 18.9 Å². The Morgan fingerprint density at radius 3 is 2.26 bits per heavy atom. The first-order valence-electron chi connectivity index (χ1n) is 9.99. The lowest BCUT2D eigenvalue weighted by Gasteiger charge is -2.25. The summed E-state index contributed by atoms with van der Waals surface area (Å²) in [6.45, 7) is 3.25. The molecule has 1 aliphatic heterocycles. The number of fused-ring (bicyclic) bond motifs is 1. The van der Waals surface area contributed by atoms with E-state index < -0.39 is 6.36 Å². The molecule has 0 saturated carbocycles. The SMILES string of the molecule is COc1ccc(CN2CCNCc3cc(-c4ccc(OC(F)(F)F)cc4)ccc32)cc1. The van der Waals surface area contributed by atoms with Crippen molar-refractivity contribution in [3.05, 3.63) is 77.9 Å². The molecule has 1 N–H and O–H groups in total. The highest BCUT2D eigenvalue weighted by atomic mass is 19.4. The van der Waals surface area contributed by atoms with Crippen LogP contribution in [0.2, 0.25) is 0 Å². The maximum absolute atomic E-state index is 12.4. The standard InChI is InChI=1S/C24H23F3N2O2/c1-30-21-7-2-17(3-8-21)16-29-13-12-28-15-20-14-19(6-11-23(20)29)18-4-9-22(10-5-18)31-24(25,26)27/h2-11,14,28H,12-13,15-16H2,1H3. The molecule has 3 aromatic rings. The van der Waals surface area contributed by atoms with Crippen LogP contribution in [0.25, 0.3) is 11.1 Å². The summed E-state index contributed by atoms with van der Waals surface area (Å²) >= 11 is 0. The number of rotatable bonds is 5. The molecule has 4 nitrogen and oxygen atoms in total. The maximum Gasteiger partial charge on any atom is 0.573 e. The molecule has 0 amide bonds. The van der Waals surface area contributed by atoms with Crippen LogP contribution < -0.4 is 19.7 Å². The minimum absolute atomic E-state index is 0.224. The smallest absolute Gasteiger partial charge is 0.497 e. The Hall–Kier alpha value is -3.19. The minimum Gasteiger partial charge on any atom is -0.497 e. The van der Waals surface area contributed by atoms with Crippen LogP contribution in [0.3, 0.4) is 0 Å². The first kappa shape index (κ1) is 21.1. The number of hydrogen-bond donors (Lipinski definition) is 1. The monoisotopic (exact) mass is 428 g/mol. The van der Waals surface area contributed by atoms with Gasteiger partial charge in [0.2, 0.25) is 0 Å². The number of nitrogens with zero attached hydrogens (tertiary/aromatic N) is 1. The average Bonchev–Trinajstić information content (AvgIpc) is 2.95. The van der Waals surface area contributed by atoms with Crippen molar-refractivity contribution in [2.75, 3.05) is 25.1 Å². The van der Waals surface area contributed by atoms with Gasteiger partial charge < -0.3 is 19.7 Å². The summed E-state index contributed by atoms with van der Waals surface area (Å²) < 4.78 is 46.3. The summed E-state index contributed by atoms with van der Waals surface area (Å²) in [5, 5.41) is 3.44. The molecule has 4 rings (SSSR count). The van der Waals surface area contributed by atoms with E-state index in [0.717, 1.165) is 54.3 Å². The lowest BCUT2D eigenvalue weighted by molar-refractivity contribution is -0.274. The van der Waals surface area contributed by atoms with Gasteiger partial charge in [0.15, 0.2) is 0 Å². The zero-order valence-corrected chi connectivity index (χ0v) is 17.1. The molecule has 3 aromatic carbocycles. The van der Waals surface area contributed by atoms with Gasteiger partial charge >= 0.3 is 6.36 Å². The van der Waals surface area contributed by atoms with E-state index >= 15 is 0 Å². The predicted octanol–water partition coefficient (Wildman–Crippen LogP) is 5.37. The Kier molecular flexibility index (Phi) is 6.04. The molecule has 1 aliphatic rings. The van der Waals surface area contributed by atoms with Gasteiger partial charge in [-0.2, -0.15) is 0 Å². The molecular weight excluding hydrogens is 405 g/mol. The average molecular weight is 428 g/mol. The maximum atomic E-state index is 12.4. The van der Waals surface area contributed by atoms with Gasteiger partial charge in [0.1, 0.15) is 11.5 Å². The van der Waals surface area contributed by atoms with Crippen molar-refractivity contribution in [1.82, 2.24) is 5.32 Å². The second-order valence-corrected chi connectivity index (χ2v) is 7.36. The normalized spacial score (nSPS) is 14.0. The van der Waals surface area contributed by atoms with Crippen LogP contribution in [-0.4, -0.2) is 26.6 Å². The molecule has 0 aromatic heterocycles. The number of hydrogen-bond acceptors (Lipinski definition) is 4. The fourth-order valence-corrected chi connectivity index (χ4v) is 3.74. The van der Waals surface area contributed by atoms with Gasteiger partial charge in [0.25, 0.3) is 0 Å². The third-order valence-electron chi connectivity index (χ3n) is 5.25. The summed E-state index contributed by atoms with van der Waals surface area (Å²) in [5.74, 6) is 0.608. The third-order valence-corrected chi connectivity index (χ3v) is 5.25. The second-order valence-electron chi connectivity index (χ2n) is 7.36. The number of ether oxygens (including phenoxy) is 2. The number of methoxy groups -OCH3 is 1. The summed E-state index contributed by atoms with van der Waals surface area (Å²) in [4.78, 5) is 2.33. The van der Waals surface area contributed by atoms with Crippen LogP contribution in [-0.2, 0) is 13.1 Å². The molecule has 0 atom stereocenters. The predicted molar refractivity (Wildman–Crippen MR) is 114 cm³/mol. The van der Waals surface area contributed by atoms with E-state index in [1.807, 2.05) is 18.2 Å². The highest BCUT2D eigenvalue weighted by Crippen LogP contribution is 2.31.